The van der Waals surface area contributed by atoms with Crippen LogP contribution in [0.15, 0.2) is 65.3 Å². The Morgan fingerprint density at radius 1 is 0.973 bits per heavy atom. The molecule has 0 bridgehead atoms. The summed E-state index contributed by atoms with van der Waals surface area (Å²) in [6.07, 6.45) is 4.79. The van der Waals surface area contributed by atoms with E-state index in [2.05, 4.69) is 71.6 Å². The van der Waals surface area contributed by atoms with Gasteiger partial charge in [0.05, 0.1) is 30.8 Å². The van der Waals surface area contributed by atoms with E-state index in [0.717, 1.165) is 68.4 Å². The molecule has 2 aromatic carbocycles. The van der Waals surface area contributed by atoms with E-state index >= 15 is 0 Å². The van der Waals surface area contributed by atoms with Gasteiger partial charge in [0.2, 0.25) is 0 Å². The fourth-order valence-electron chi connectivity index (χ4n) is 7.15. The van der Waals surface area contributed by atoms with Crippen LogP contribution in [0, 0.1) is 12.8 Å². The van der Waals surface area contributed by atoms with Crippen molar-refractivity contribution in [1.82, 2.24) is 15.1 Å². The Balaban J connectivity index is 1.39. The van der Waals surface area contributed by atoms with Gasteiger partial charge in [0, 0.05) is 46.8 Å². The molecule has 1 saturated heterocycles. The van der Waals surface area contributed by atoms with Crippen LogP contribution in [0.4, 0.5) is 5.69 Å². The zero-order valence-electron chi connectivity index (χ0n) is 21.5. The molecule has 1 fully saturated rings. The predicted molar refractivity (Wildman–Crippen MR) is 143 cm³/mol. The molecule has 1 aliphatic heterocycles. The molecule has 0 spiro atoms. The lowest BCUT2D eigenvalue weighted by atomic mass is 9.53. The minimum Gasteiger partial charge on any atom is -0.378 e. The molecule has 37 heavy (non-hydrogen) atoms. The molecule has 188 valence electrons. The smallest absolute Gasteiger partial charge is 0.143 e. The average molecular weight is 493 g/mol. The van der Waals surface area contributed by atoms with Crippen molar-refractivity contribution in [3.8, 4) is 11.3 Å². The summed E-state index contributed by atoms with van der Waals surface area (Å²) in [6, 6.07) is 19.9. The molecule has 2 aliphatic carbocycles. The normalized spacial score (nSPS) is 24.8. The van der Waals surface area contributed by atoms with Gasteiger partial charge >= 0.3 is 0 Å². The number of fused-ring (bicyclic) bond motifs is 4. The number of anilines is 1. The molecular weight excluding hydrogens is 460 g/mol. The zero-order chi connectivity index (χ0) is 25.0. The highest BCUT2D eigenvalue weighted by atomic mass is 16.5. The lowest BCUT2D eigenvalue weighted by Crippen LogP contribution is -2.48. The van der Waals surface area contributed by atoms with Crippen molar-refractivity contribution >= 4 is 5.69 Å². The molecule has 0 saturated carbocycles. The zero-order valence-corrected chi connectivity index (χ0v) is 21.5. The van der Waals surface area contributed by atoms with Crippen molar-refractivity contribution < 1.29 is 9.26 Å². The first kappa shape index (κ1) is 22.7. The number of aromatic nitrogens is 3. The van der Waals surface area contributed by atoms with Crippen LogP contribution in [0.3, 0.4) is 0 Å². The first-order chi connectivity index (χ1) is 18.1. The van der Waals surface area contributed by atoms with Gasteiger partial charge in [-0.15, -0.1) is 0 Å². The standard InChI is InChI=1S/C31H32N4O2/c1-20-27-13-12-26-28(22-8-10-25(11-9-22)35-14-16-36-17-15-35)33-21(2)34-30(26)31(27,24-6-4-3-5-7-24)18-23-19-32-37-29(20)23/h3-11,19-20,27H,12-18H2,1-2H3/t20-,27-,31+/m0/s1. The second-order valence-corrected chi connectivity index (χ2v) is 10.8. The highest BCUT2D eigenvalue weighted by molar-refractivity contribution is 5.69. The Labute approximate surface area is 217 Å². The summed E-state index contributed by atoms with van der Waals surface area (Å²) in [5.41, 5.74) is 8.25. The fraction of sp³-hybridized carbons (Fsp3) is 0.387. The van der Waals surface area contributed by atoms with Gasteiger partial charge in [-0.2, -0.15) is 0 Å². The molecule has 4 aromatic rings. The van der Waals surface area contributed by atoms with E-state index in [1.807, 2.05) is 13.1 Å². The number of benzene rings is 2. The number of hydrogen-bond acceptors (Lipinski definition) is 6. The van der Waals surface area contributed by atoms with E-state index in [0.29, 0.717) is 5.92 Å². The monoisotopic (exact) mass is 492 g/mol. The van der Waals surface area contributed by atoms with Crippen LogP contribution in [0.2, 0.25) is 0 Å². The molecule has 2 aromatic heterocycles. The van der Waals surface area contributed by atoms with Crippen molar-refractivity contribution in [2.45, 2.75) is 44.4 Å². The molecule has 0 N–H and O–H groups in total. The van der Waals surface area contributed by atoms with Crippen molar-refractivity contribution in [2.24, 2.45) is 5.92 Å². The third-order valence-electron chi connectivity index (χ3n) is 8.85. The molecule has 3 atom stereocenters. The molecule has 6 heteroatoms. The number of morpholine rings is 1. The highest BCUT2D eigenvalue weighted by Gasteiger charge is 2.54. The predicted octanol–water partition coefficient (Wildman–Crippen LogP) is 5.48. The molecule has 7 rings (SSSR count). The number of hydrogen-bond donors (Lipinski definition) is 0. The molecule has 0 radical (unpaired) electrons. The van der Waals surface area contributed by atoms with Gasteiger partial charge in [-0.1, -0.05) is 54.5 Å². The van der Waals surface area contributed by atoms with Crippen LogP contribution in [-0.4, -0.2) is 41.4 Å². The van der Waals surface area contributed by atoms with E-state index in [9.17, 15) is 0 Å². The summed E-state index contributed by atoms with van der Waals surface area (Å²) < 4.78 is 11.3. The Morgan fingerprint density at radius 3 is 2.54 bits per heavy atom. The van der Waals surface area contributed by atoms with Crippen LogP contribution in [0.25, 0.3) is 11.3 Å². The summed E-state index contributed by atoms with van der Waals surface area (Å²) in [5.74, 6) is 2.52. The topological polar surface area (TPSA) is 64.3 Å². The summed E-state index contributed by atoms with van der Waals surface area (Å²) in [5, 5.41) is 4.20. The minimum atomic E-state index is -0.233. The maximum atomic E-state index is 5.77. The Bertz CT molecular complexity index is 1430. The van der Waals surface area contributed by atoms with E-state index in [4.69, 9.17) is 19.2 Å². The van der Waals surface area contributed by atoms with Crippen molar-refractivity contribution in [3.05, 3.63) is 94.8 Å². The average Bonchev–Trinajstić information content (AvgIpc) is 3.42. The number of ether oxygens (including phenoxy) is 1. The lowest BCUT2D eigenvalue weighted by Gasteiger charge is -2.50. The highest BCUT2D eigenvalue weighted by Crippen LogP contribution is 2.57. The molecule has 3 heterocycles. The number of nitrogens with zero attached hydrogens (tertiary/aromatic N) is 4. The first-order valence-electron chi connectivity index (χ1n) is 13.5. The summed E-state index contributed by atoms with van der Waals surface area (Å²) in [6.45, 7) is 7.78. The Morgan fingerprint density at radius 2 is 1.76 bits per heavy atom. The van der Waals surface area contributed by atoms with Crippen LogP contribution in [0.5, 0.6) is 0 Å². The van der Waals surface area contributed by atoms with Gasteiger partial charge in [0.15, 0.2) is 0 Å². The van der Waals surface area contributed by atoms with Gasteiger partial charge in [-0.25, -0.2) is 9.97 Å². The Hall–Kier alpha value is -3.51. The second-order valence-electron chi connectivity index (χ2n) is 10.8. The van der Waals surface area contributed by atoms with Crippen molar-refractivity contribution in [3.63, 3.8) is 0 Å². The first-order valence-corrected chi connectivity index (χ1v) is 13.5. The third kappa shape index (κ3) is 3.53. The maximum Gasteiger partial charge on any atom is 0.143 e. The molecule has 3 aliphatic rings. The van der Waals surface area contributed by atoms with Crippen LogP contribution >= 0.6 is 0 Å². The van der Waals surface area contributed by atoms with Gasteiger partial charge in [-0.3, -0.25) is 0 Å². The third-order valence-corrected chi connectivity index (χ3v) is 8.85. The summed E-state index contributed by atoms with van der Waals surface area (Å²) in [7, 11) is 0. The van der Waals surface area contributed by atoms with E-state index < -0.39 is 0 Å². The fourth-order valence-corrected chi connectivity index (χ4v) is 7.15. The maximum absolute atomic E-state index is 5.77. The van der Waals surface area contributed by atoms with Crippen molar-refractivity contribution in [2.75, 3.05) is 31.2 Å². The largest absolute Gasteiger partial charge is 0.378 e. The van der Waals surface area contributed by atoms with Gasteiger partial charge in [-0.05, 0) is 49.8 Å². The van der Waals surface area contributed by atoms with Crippen LogP contribution in [0.1, 0.15) is 53.2 Å². The minimum absolute atomic E-state index is 0.233. The number of aryl methyl sites for hydroxylation is 1. The Kier molecular flexibility index (Phi) is 5.39. The van der Waals surface area contributed by atoms with Gasteiger partial charge in [0.1, 0.15) is 11.6 Å². The van der Waals surface area contributed by atoms with E-state index in [1.165, 1.54) is 28.1 Å². The summed E-state index contributed by atoms with van der Waals surface area (Å²) in [4.78, 5) is 12.7. The van der Waals surface area contributed by atoms with E-state index in [1.54, 1.807) is 0 Å². The van der Waals surface area contributed by atoms with Crippen molar-refractivity contribution in [1.29, 1.82) is 0 Å². The van der Waals surface area contributed by atoms with E-state index in [-0.39, 0.29) is 11.3 Å². The molecule has 0 amide bonds. The number of rotatable bonds is 3. The molecular formula is C31H32N4O2. The van der Waals surface area contributed by atoms with Gasteiger partial charge < -0.3 is 14.2 Å². The van der Waals surface area contributed by atoms with Crippen LogP contribution in [-0.2, 0) is 23.0 Å². The lowest BCUT2D eigenvalue weighted by molar-refractivity contribution is 0.122. The SMILES string of the molecule is Cc1nc(-c2ccc(N3CCOCC3)cc2)c2c(n1)[C@@]1(c3ccccc3)Cc3cnoc3[C@@H](C)[C@@H]1CC2. The quantitative estimate of drug-likeness (QED) is 0.377. The van der Waals surface area contributed by atoms with Crippen LogP contribution < -0.4 is 4.90 Å². The molecule has 6 nitrogen and oxygen atoms in total. The van der Waals surface area contributed by atoms with Gasteiger partial charge in [0.25, 0.3) is 0 Å². The second kappa shape index (κ2) is 8.80. The summed E-state index contributed by atoms with van der Waals surface area (Å²) >= 11 is 0. The molecule has 0 unspecified atom stereocenters.